The second kappa shape index (κ2) is 3.46. The van der Waals surface area contributed by atoms with Crippen LogP contribution in [0.25, 0.3) is 0 Å². The van der Waals surface area contributed by atoms with Crippen LogP contribution in [0.3, 0.4) is 0 Å². The van der Waals surface area contributed by atoms with E-state index in [1.165, 1.54) is 0 Å². The van der Waals surface area contributed by atoms with Crippen LogP contribution in [0.4, 0.5) is 0 Å². The molecule has 1 fully saturated rings. The molecule has 1 aliphatic heterocycles. The van der Waals surface area contributed by atoms with Gasteiger partial charge in [0.15, 0.2) is 0 Å². The van der Waals surface area contributed by atoms with Gasteiger partial charge in [0.05, 0.1) is 5.54 Å². The molecule has 0 saturated carbocycles. The molecule has 3 heteroatoms. The number of hydrazine groups is 1. The lowest BCUT2D eigenvalue weighted by atomic mass is 10.0. The number of rotatable bonds is 0. The standard InChI is InChI=1S/C9H19N3/c1-8-9(2,3)10-6-5-7-11-12(8)4/h10-11H,1,5-7H2,2-4H3. The number of hydrogen-bond acceptors (Lipinski definition) is 3. The van der Waals surface area contributed by atoms with Crippen molar-refractivity contribution < 1.29 is 0 Å². The minimum absolute atomic E-state index is 0.00215. The van der Waals surface area contributed by atoms with Crippen molar-refractivity contribution in [3.63, 3.8) is 0 Å². The predicted molar refractivity (Wildman–Crippen MR) is 51.6 cm³/mol. The fourth-order valence-electron chi connectivity index (χ4n) is 1.35. The van der Waals surface area contributed by atoms with Crippen molar-refractivity contribution in [2.24, 2.45) is 0 Å². The Labute approximate surface area is 74.8 Å². The molecule has 0 amide bonds. The highest BCUT2D eigenvalue weighted by Crippen LogP contribution is 2.16. The molecule has 12 heavy (non-hydrogen) atoms. The summed E-state index contributed by atoms with van der Waals surface area (Å²) in [6.07, 6.45) is 1.15. The summed E-state index contributed by atoms with van der Waals surface area (Å²) in [4.78, 5) is 0. The van der Waals surface area contributed by atoms with Gasteiger partial charge in [-0.25, -0.2) is 5.43 Å². The summed E-state index contributed by atoms with van der Waals surface area (Å²) in [7, 11) is 2.01. The maximum atomic E-state index is 4.05. The molecule has 1 rings (SSSR count). The van der Waals surface area contributed by atoms with Crippen molar-refractivity contribution >= 4 is 0 Å². The van der Waals surface area contributed by atoms with Gasteiger partial charge in [-0.15, -0.1) is 0 Å². The first-order chi connectivity index (χ1) is 5.54. The van der Waals surface area contributed by atoms with E-state index >= 15 is 0 Å². The van der Waals surface area contributed by atoms with Crippen molar-refractivity contribution in [1.82, 2.24) is 15.8 Å². The van der Waals surface area contributed by atoms with Crippen LogP contribution in [-0.2, 0) is 0 Å². The lowest BCUT2D eigenvalue weighted by Crippen LogP contribution is -2.52. The normalized spacial score (nSPS) is 24.9. The third-order valence-corrected chi connectivity index (χ3v) is 2.40. The third-order valence-electron chi connectivity index (χ3n) is 2.40. The van der Waals surface area contributed by atoms with Crippen LogP contribution in [0.1, 0.15) is 20.3 Å². The molecule has 0 aromatic rings. The average Bonchev–Trinajstić information content (AvgIpc) is 2.00. The summed E-state index contributed by atoms with van der Waals surface area (Å²) in [5, 5.41) is 5.47. The van der Waals surface area contributed by atoms with Gasteiger partial charge in [0.2, 0.25) is 0 Å². The van der Waals surface area contributed by atoms with Gasteiger partial charge >= 0.3 is 0 Å². The highest BCUT2D eigenvalue weighted by Gasteiger charge is 2.24. The Morgan fingerprint density at radius 1 is 1.42 bits per heavy atom. The molecule has 0 radical (unpaired) electrons. The number of nitrogens with one attached hydrogen (secondary N) is 2. The first kappa shape index (κ1) is 9.55. The van der Waals surface area contributed by atoms with Crippen molar-refractivity contribution in [2.45, 2.75) is 25.8 Å². The monoisotopic (exact) mass is 169 g/mol. The molecule has 1 aliphatic rings. The van der Waals surface area contributed by atoms with Gasteiger partial charge in [0, 0.05) is 19.3 Å². The summed E-state index contributed by atoms with van der Waals surface area (Å²) in [5.41, 5.74) is 4.37. The lowest BCUT2D eigenvalue weighted by Gasteiger charge is -2.37. The third kappa shape index (κ3) is 1.99. The largest absolute Gasteiger partial charge is 0.314 e. The van der Waals surface area contributed by atoms with Crippen LogP contribution in [0.2, 0.25) is 0 Å². The molecule has 0 unspecified atom stereocenters. The van der Waals surface area contributed by atoms with Crippen molar-refractivity contribution in [3.05, 3.63) is 12.3 Å². The van der Waals surface area contributed by atoms with Crippen molar-refractivity contribution in [2.75, 3.05) is 20.1 Å². The minimum atomic E-state index is 0.00215. The van der Waals surface area contributed by atoms with Crippen LogP contribution >= 0.6 is 0 Å². The van der Waals surface area contributed by atoms with E-state index in [0.717, 1.165) is 25.2 Å². The molecular formula is C9H19N3. The summed E-state index contributed by atoms with van der Waals surface area (Å²) >= 11 is 0. The maximum absolute atomic E-state index is 4.05. The van der Waals surface area contributed by atoms with Gasteiger partial charge in [-0.3, -0.25) is 0 Å². The molecule has 1 saturated heterocycles. The zero-order valence-electron chi connectivity index (χ0n) is 8.28. The van der Waals surface area contributed by atoms with E-state index < -0.39 is 0 Å². The highest BCUT2D eigenvalue weighted by molar-refractivity contribution is 5.11. The smallest absolute Gasteiger partial charge is 0.0536 e. The van der Waals surface area contributed by atoms with Gasteiger partial charge in [-0.2, -0.15) is 0 Å². The molecule has 0 aromatic heterocycles. The van der Waals surface area contributed by atoms with Crippen LogP contribution in [0, 0.1) is 0 Å². The predicted octanol–water partition coefficient (Wildman–Crippen LogP) is 0.708. The molecule has 0 spiro atoms. The molecule has 0 aromatic carbocycles. The molecule has 70 valence electrons. The lowest BCUT2D eigenvalue weighted by molar-refractivity contribution is 0.221. The fourth-order valence-corrected chi connectivity index (χ4v) is 1.35. The zero-order valence-corrected chi connectivity index (χ0v) is 8.28. The quantitative estimate of drug-likeness (QED) is 0.559. The first-order valence-corrected chi connectivity index (χ1v) is 4.46. The number of hydrogen-bond donors (Lipinski definition) is 2. The first-order valence-electron chi connectivity index (χ1n) is 4.46. The Morgan fingerprint density at radius 2 is 2.08 bits per heavy atom. The molecule has 3 nitrogen and oxygen atoms in total. The van der Waals surface area contributed by atoms with Gasteiger partial charge < -0.3 is 10.3 Å². The van der Waals surface area contributed by atoms with Gasteiger partial charge in [-0.05, 0) is 26.8 Å². The number of likely N-dealkylation sites (N-methyl/N-ethyl adjacent to an activating group) is 1. The SMILES string of the molecule is C=C1N(C)NCCCNC1(C)C. The maximum Gasteiger partial charge on any atom is 0.0536 e. The molecule has 0 atom stereocenters. The van der Waals surface area contributed by atoms with E-state index in [9.17, 15) is 0 Å². The Balaban J connectivity index is 2.67. The van der Waals surface area contributed by atoms with Crippen LogP contribution < -0.4 is 10.7 Å². The van der Waals surface area contributed by atoms with Gasteiger partial charge in [-0.1, -0.05) is 6.58 Å². The topological polar surface area (TPSA) is 27.3 Å². The molecular weight excluding hydrogens is 150 g/mol. The van der Waals surface area contributed by atoms with E-state index in [-0.39, 0.29) is 5.54 Å². The van der Waals surface area contributed by atoms with E-state index in [1.807, 2.05) is 12.1 Å². The van der Waals surface area contributed by atoms with E-state index in [4.69, 9.17) is 0 Å². The van der Waals surface area contributed by atoms with Crippen LogP contribution in [-0.4, -0.2) is 30.7 Å². The average molecular weight is 169 g/mol. The van der Waals surface area contributed by atoms with Gasteiger partial charge in [0.25, 0.3) is 0 Å². The van der Waals surface area contributed by atoms with Crippen LogP contribution in [0.5, 0.6) is 0 Å². The summed E-state index contributed by atoms with van der Waals surface area (Å²) in [6, 6.07) is 0. The Bertz CT molecular complexity index is 175. The zero-order chi connectivity index (χ0) is 9.19. The minimum Gasteiger partial charge on any atom is -0.314 e. The van der Waals surface area contributed by atoms with Gasteiger partial charge in [0.1, 0.15) is 0 Å². The molecule has 1 heterocycles. The number of nitrogens with zero attached hydrogens (tertiary/aromatic N) is 1. The van der Waals surface area contributed by atoms with Crippen molar-refractivity contribution in [3.8, 4) is 0 Å². The molecule has 0 aliphatic carbocycles. The second-order valence-electron chi connectivity index (χ2n) is 3.82. The van der Waals surface area contributed by atoms with E-state index in [0.29, 0.717) is 0 Å². The summed E-state index contributed by atoms with van der Waals surface area (Å²) < 4.78 is 0. The summed E-state index contributed by atoms with van der Waals surface area (Å²) in [6.45, 7) is 10.4. The Hall–Kier alpha value is -0.540. The molecule has 2 N–H and O–H groups in total. The summed E-state index contributed by atoms with van der Waals surface area (Å²) in [5.74, 6) is 0. The fraction of sp³-hybridized carbons (Fsp3) is 0.778. The van der Waals surface area contributed by atoms with Crippen LogP contribution in [0.15, 0.2) is 12.3 Å². The Kier molecular flexibility index (Phi) is 2.75. The Morgan fingerprint density at radius 3 is 2.75 bits per heavy atom. The van der Waals surface area contributed by atoms with Crippen molar-refractivity contribution in [1.29, 1.82) is 0 Å². The highest BCUT2D eigenvalue weighted by atomic mass is 15.5. The van der Waals surface area contributed by atoms with E-state index in [1.54, 1.807) is 0 Å². The molecule has 0 bridgehead atoms. The van der Waals surface area contributed by atoms with E-state index in [2.05, 4.69) is 31.2 Å². The second-order valence-corrected chi connectivity index (χ2v) is 3.82.